The summed E-state index contributed by atoms with van der Waals surface area (Å²) >= 11 is 0. The zero-order valence-corrected chi connectivity index (χ0v) is 24.7. The molecule has 1 spiro atoms. The second-order valence-electron chi connectivity index (χ2n) is 13.5. The van der Waals surface area contributed by atoms with Crippen LogP contribution in [0, 0.1) is 17.8 Å². The first-order valence-corrected chi connectivity index (χ1v) is 15.4. The third-order valence-corrected chi connectivity index (χ3v) is 10.4. The summed E-state index contributed by atoms with van der Waals surface area (Å²) in [5, 5.41) is 32.9. The van der Waals surface area contributed by atoms with Gasteiger partial charge < -0.3 is 39.0 Å². The van der Waals surface area contributed by atoms with Gasteiger partial charge in [-0.2, -0.15) is 0 Å². The molecule has 9 nitrogen and oxygen atoms in total. The van der Waals surface area contributed by atoms with Crippen molar-refractivity contribution in [2.75, 3.05) is 13.2 Å². The van der Waals surface area contributed by atoms with Crippen LogP contribution in [0.4, 0.5) is 0 Å². The highest BCUT2D eigenvalue weighted by atomic mass is 16.7. The molecule has 0 aromatic rings. The minimum absolute atomic E-state index is 0.0383. The van der Waals surface area contributed by atoms with Gasteiger partial charge in [0, 0.05) is 38.2 Å². The number of carbonyl (C=O) groups excluding carboxylic acids is 1. The highest BCUT2D eigenvalue weighted by Gasteiger charge is 2.60. The number of rotatable bonds is 2. The average Bonchev–Trinajstić information content (AvgIpc) is 3.40. The normalized spacial score (nSPS) is 52.0. The van der Waals surface area contributed by atoms with Gasteiger partial charge in [0.05, 0.1) is 30.5 Å². The summed E-state index contributed by atoms with van der Waals surface area (Å²) in [5.41, 5.74) is -0.865. The summed E-state index contributed by atoms with van der Waals surface area (Å²) in [7, 11) is 0. The van der Waals surface area contributed by atoms with Crippen molar-refractivity contribution in [1.29, 1.82) is 0 Å². The molecule has 6 aliphatic rings. The van der Waals surface area contributed by atoms with Crippen molar-refractivity contribution < 1.29 is 43.8 Å². The van der Waals surface area contributed by atoms with Crippen molar-refractivity contribution in [1.82, 2.24) is 0 Å². The maximum atomic E-state index is 13.9. The molecule has 0 radical (unpaired) electrons. The molecule has 5 aliphatic heterocycles. The van der Waals surface area contributed by atoms with Crippen LogP contribution in [-0.4, -0.2) is 88.1 Å². The van der Waals surface area contributed by atoms with E-state index in [2.05, 4.69) is 19.9 Å². The molecule has 12 atom stereocenters. The Morgan fingerprint density at radius 3 is 2.68 bits per heavy atom. The predicted octanol–water partition coefficient (Wildman–Crippen LogP) is 3.11. The number of fused-ring (bicyclic) bond motifs is 3. The fourth-order valence-electron chi connectivity index (χ4n) is 8.03. The van der Waals surface area contributed by atoms with Gasteiger partial charge in [-0.15, -0.1) is 0 Å². The molecule has 5 heterocycles. The standard InChI is InChI=1S/C32H46O9/c1-5-25-20(16-33)9-10-31(40-25)15-23-12-22(39-31)13-26-30(4,41-26)14-18(2)7-6-8-21-17-37-28-27(34)19(3)11-24(29(35)38-23)32(21,28)36/h6-8,11,18,20,22-28,33-34,36H,5,9-10,12-17H2,1-4H3/b7-6+,21-8+/t18-,20+,22-,23-,24-,25+,26-,27+,28+,30-,31+,32+/m0/s1. The average molecular weight is 575 g/mol. The van der Waals surface area contributed by atoms with Crippen molar-refractivity contribution in [3.05, 3.63) is 35.5 Å². The van der Waals surface area contributed by atoms with Crippen LogP contribution in [0.3, 0.4) is 0 Å². The topological polar surface area (TPSA) is 127 Å². The number of epoxide rings is 1. The van der Waals surface area contributed by atoms with E-state index in [0.717, 1.165) is 19.3 Å². The number of aliphatic hydroxyl groups is 3. The van der Waals surface area contributed by atoms with E-state index in [0.29, 0.717) is 36.8 Å². The molecule has 41 heavy (non-hydrogen) atoms. The van der Waals surface area contributed by atoms with Crippen molar-refractivity contribution in [2.45, 2.75) is 126 Å². The molecule has 0 aromatic carbocycles. The van der Waals surface area contributed by atoms with Crippen molar-refractivity contribution in [3.8, 4) is 0 Å². The van der Waals surface area contributed by atoms with Crippen molar-refractivity contribution in [3.63, 3.8) is 0 Å². The van der Waals surface area contributed by atoms with Gasteiger partial charge in [0.15, 0.2) is 5.79 Å². The number of hydrogen-bond donors (Lipinski definition) is 3. The van der Waals surface area contributed by atoms with Crippen LogP contribution in [0.1, 0.15) is 72.6 Å². The molecule has 4 saturated heterocycles. The van der Waals surface area contributed by atoms with E-state index >= 15 is 0 Å². The smallest absolute Gasteiger partial charge is 0.316 e. The van der Waals surface area contributed by atoms with E-state index in [1.807, 2.05) is 19.1 Å². The molecule has 0 saturated carbocycles. The number of allylic oxidation sites excluding steroid dienone is 3. The Balaban J connectivity index is 1.35. The number of ether oxygens (including phenoxy) is 5. The second-order valence-corrected chi connectivity index (χ2v) is 13.5. The summed E-state index contributed by atoms with van der Waals surface area (Å²) in [4.78, 5) is 13.9. The van der Waals surface area contributed by atoms with E-state index in [-0.39, 0.29) is 49.0 Å². The fourth-order valence-corrected chi connectivity index (χ4v) is 8.03. The van der Waals surface area contributed by atoms with E-state index in [1.54, 1.807) is 13.0 Å². The molecule has 0 unspecified atom stereocenters. The minimum atomic E-state index is -1.72. The summed E-state index contributed by atoms with van der Waals surface area (Å²) in [6, 6.07) is 0. The second kappa shape index (κ2) is 10.8. The Kier molecular flexibility index (Phi) is 7.80. The van der Waals surface area contributed by atoms with Crippen molar-refractivity contribution in [2.24, 2.45) is 17.8 Å². The van der Waals surface area contributed by atoms with Gasteiger partial charge in [0.1, 0.15) is 29.8 Å². The molecular weight excluding hydrogens is 528 g/mol. The highest BCUT2D eigenvalue weighted by Crippen LogP contribution is 2.50. The molecule has 0 aromatic heterocycles. The van der Waals surface area contributed by atoms with Gasteiger partial charge in [0.2, 0.25) is 0 Å². The highest BCUT2D eigenvalue weighted by molar-refractivity contribution is 5.78. The lowest BCUT2D eigenvalue weighted by Crippen LogP contribution is -2.58. The van der Waals surface area contributed by atoms with Crippen LogP contribution in [-0.2, 0) is 28.5 Å². The van der Waals surface area contributed by atoms with E-state index < -0.39 is 41.6 Å². The lowest BCUT2D eigenvalue weighted by Gasteiger charge is -2.50. The van der Waals surface area contributed by atoms with Crippen LogP contribution in [0.25, 0.3) is 0 Å². The molecular formula is C32H46O9. The quantitative estimate of drug-likeness (QED) is 0.259. The SMILES string of the molecule is CC[C@H]1O[C@]2(CC[C@@H]1CO)C[C@@H]1C[C@@H](C[C@@H]3O[C@@]3(C)C[C@@H](C)/C=C/C=C3\CO[C@@H]4[C@H](O)C(C)=C[C@@H](C(=O)O1)[C@]34O)O2. The van der Waals surface area contributed by atoms with Gasteiger partial charge >= 0.3 is 5.97 Å². The van der Waals surface area contributed by atoms with Crippen LogP contribution in [0.5, 0.6) is 0 Å². The molecule has 4 fully saturated rings. The van der Waals surface area contributed by atoms with Crippen LogP contribution >= 0.6 is 0 Å². The lowest BCUT2D eigenvalue weighted by atomic mass is 9.71. The molecule has 1 aliphatic carbocycles. The maximum absolute atomic E-state index is 13.9. The zero-order valence-electron chi connectivity index (χ0n) is 24.7. The maximum Gasteiger partial charge on any atom is 0.316 e. The summed E-state index contributed by atoms with van der Waals surface area (Å²) in [6.45, 7) is 8.25. The van der Waals surface area contributed by atoms with E-state index in [4.69, 9.17) is 23.7 Å². The largest absolute Gasteiger partial charge is 0.462 e. The van der Waals surface area contributed by atoms with Crippen LogP contribution in [0.15, 0.2) is 35.5 Å². The molecule has 2 bridgehead atoms. The molecule has 6 rings (SSSR count). The first-order valence-electron chi connectivity index (χ1n) is 15.4. The molecule has 3 N–H and O–H groups in total. The summed E-state index contributed by atoms with van der Waals surface area (Å²) < 4.78 is 31.7. The molecule has 9 heteroatoms. The van der Waals surface area contributed by atoms with Gasteiger partial charge in [-0.25, -0.2) is 0 Å². The Bertz CT molecular complexity index is 1120. The molecule has 0 amide bonds. The van der Waals surface area contributed by atoms with E-state index in [9.17, 15) is 20.1 Å². The minimum Gasteiger partial charge on any atom is -0.462 e. The third kappa shape index (κ3) is 5.26. The zero-order chi connectivity index (χ0) is 29.2. The first-order chi connectivity index (χ1) is 19.5. The van der Waals surface area contributed by atoms with E-state index in [1.165, 1.54) is 0 Å². The predicted molar refractivity (Wildman–Crippen MR) is 149 cm³/mol. The Morgan fingerprint density at radius 2 is 1.93 bits per heavy atom. The lowest BCUT2D eigenvalue weighted by molar-refractivity contribution is -0.338. The van der Waals surface area contributed by atoms with Crippen LogP contribution < -0.4 is 0 Å². The number of aliphatic hydroxyl groups excluding tert-OH is 2. The Hall–Kier alpha value is -1.59. The Morgan fingerprint density at radius 1 is 1.12 bits per heavy atom. The number of carbonyl (C=O) groups is 1. The van der Waals surface area contributed by atoms with Gasteiger partial charge in [0.25, 0.3) is 0 Å². The van der Waals surface area contributed by atoms with Gasteiger partial charge in [-0.05, 0) is 50.2 Å². The van der Waals surface area contributed by atoms with Gasteiger partial charge in [-0.3, -0.25) is 4.79 Å². The summed E-state index contributed by atoms with van der Waals surface area (Å²) in [6.07, 6.45) is 9.12. The summed E-state index contributed by atoms with van der Waals surface area (Å²) in [5.74, 6) is -2.22. The monoisotopic (exact) mass is 574 g/mol. The number of esters is 1. The van der Waals surface area contributed by atoms with Crippen LogP contribution in [0.2, 0.25) is 0 Å². The first kappa shape index (κ1) is 29.5. The number of hydrogen-bond acceptors (Lipinski definition) is 9. The Labute approximate surface area is 242 Å². The van der Waals surface area contributed by atoms with Gasteiger partial charge in [-0.1, -0.05) is 38.2 Å². The van der Waals surface area contributed by atoms with Crippen molar-refractivity contribution >= 4 is 5.97 Å². The molecule has 228 valence electrons. The third-order valence-electron chi connectivity index (χ3n) is 10.4. The fraction of sp³-hybridized carbons (Fsp3) is 0.781.